The Kier molecular flexibility index (Phi) is 7.09. The van der Waals surface area contributed by atoms with Gasteiger partial charge in [0, 0.05) is 19.4 Å². The van der Waals surface area contributed by atoms with Crippen LogP contribution in [0.3, 0.4) is 0 Å². The Morgan fingerprint density at radius 1 is 1.06 bits per heavy atom. The second-order valence-corrected chi connectivity index (χ2v) is 9.39. The van der Waals surface area contributed by atoms with Crippen LogP contribution in [0.15, 0.2) is 76.4 Å². The Labute approximate surface area is 187 Å². The fraction of sp³-hybridized carbons (Fsp3) is 0.261. The number of rotatable bonds is 8. The van der Waals surface area contributed by atoms with Gasteiger partial charge in [-0.05, 0) is 42.8 Å². The van der Waals surface area contributed by atoms with Crippen molar-refractivity contribution in [1.82, 2.24) is 14.7 Å². The average molecular weight is 456 g/mol. The highest BCUT2D eigenvalue weighted by Gasteiger charge is 2.21. The predicted molar refractivity (Wildman–Crippen MR) is 120 cm³/mol. The molecule has 0 saturated heterocycles. The number of nitrogens with zero attached hydrogens (tertiary/aromatic N) is 3. The van der Waals surface area contributed by atoms with E-state index in [1.165, 1.54) is 33.8 Å². The maximum Gasteiger partial charge on any atom is 0.274 e. The molecule has 1 amide bonds. The van der Waals surface area contributed by atoms with Crippen LogP contribution >= 0.6 is 0 Å². The molecule has 1 aromatic heterocycles. The fourth-order valence-corrected chi connectivity index (χ4v) is 3.69. The molecule has 0 N–H and O–H groups in total. The van der Waals surface area contributed by atoms with Crippen molar-refractivity contribution in [2.45, 2.75) is 24.4 Å². The molecule has 2 aromatic carbocycles. The summed E-state index contributed by atoms with van der Waals surface area (Å²) in [5.74, 6) is 0.325. The number of ether oxygens (including phenoxy) is 1. The first-order valence-electron chi connectivity index (χ1n) is 10.00. The molecule has 0 aliphatic heterocycles. The molecule has 1 unspecified atom stereocenters. The van der Waals surface area contributed by atoms with Gasteiger partial charge in [0.25, 0.3) is 11.5 Å². The fourth-order valence-electron chi connectivity index (χ4n) is 3.06. The second-order valence-electron chi connectivity index (χ2n) is 7.37. The van der Waals surface area contributed by atoms with Gasteiger partial charge in [0.15, 0.2) is 9.84 Å². The van der Waals surface area contributed by atoms with Gasteiger partial charge in [-0.2, -0.15) is 5.10 Å². The zero-order valence-corrected chi connectivity index (χ0v) is 19.0. The lowest BCUT2D eigenvalue weighted by Crippen LogP contribution is -2.33. The number of para-hydroxylation sites is 1. The molecular formula is C23H25N3O5S. The molecule has 0 bridgehead atoms. The maximum atomic E-state index is 13.0. The molecule has 3 rings (SSSR count). The minimum atomic E-state index is -3.29. The molecule has 32 heavy (non-hydrogen) atoms. The van der Waals surface area contributed by atoms with Crippen molar-refractivity contribution >= 4 is 15.7 Å². The summed E-state index contributed by atoms with van der Waals surface area (Å²) in [6.45, 7) is 2.26. The lowest BCUT2D eigenvalue weighted by atomic mass is 10.1. The lowest BCUT2D eigenvalue weighted by Gasteiger charge is -2.25. The van der Waals surface area contributed by atoms with Gasteiger partial charge in [0.2, 0.25) is 0 Å². The van der Waals surface area contributed by atoms with Gasteiger partial charge in [-0.1, -0.05) is 30.3 Å². The molecule has 0 aliphatic rings. The quantitative estimate of drug-likeness (QED) is 0.518. The van der Waals surface area contributed by atoms with Gasteiger partial charge in [-0.25, -0.2) is 13.1 Å². The van der Waals surface area contributed by atoms with E-state index in [0.717, 1.165) is 11.8 Å². The van der Waals surface area contributed by atoms with Crippen LogP contribution < -0.4 is 10.3 Å². The van der Waals surface area contributed by atoms with Crippen LogP contribution in [-0.4, -0.2) is 48.9 Å². The summed E-state index contributed by atoms with van der Waals surface area (Å²) >= 11 is 0. The van der Waals surface area contributed by atoms with E-state index in [2.05, 4.69) is 5.10 Å². The standard InChI is InChI=1S/C23H25N3O5S/c1-17(18-9-11-20(12-10-18)32(3,29)30)25(2)23(28)21-13-14-22(27)26(24-21)15-16-31-19-7-5-4-6-8-19/h4-14,17H,15-16H2,1-3H3. The number of carbonyl (C=O) groups is 1. The Balaban J connectivity index is 1.70. The normalized spacial score (nSPS) is 12.2. The van der Waals surface area contributed by atoms with Crippen LogP contribution in [0.2, 0.25) is 0 Å². The van der Waals surface area contributed by atoms with Crippen molar-refractivity contribution in [3.8, 4) is 5.75 Å². The number of hydrogen-bond donors (Lipinski definition) is 0. The topological polar surface area (TPSA) is 98.6 Å². The summed E-state index contributed by atoms with van der Waals surface area (Å²) in [6.07, 6.45) is 1.15. The smallest absolute Gasteiger partial charge is 0.274 e. The summed E-state index contributed by atoms with van der Waals surface area (Å²) in [4.78, 5) is 26.8. The zero-order chi connectivity index (χ0) is 23.3. The summed E-state index contributed by atoms with van der Waals surface area (Å²) < 4.78 is 30.1. The average Bonchev–Trinajstić information content (AvgIpc) is 2.79. The Bertz CT molecular complexity index is 1240. The number of amides is 1. The van der Waals surface area contributed by atoms with E-state index in [1.807, 2.05) is 37.3 Å². The summed E-state index contributed by atoms with van der Waals surface area (Å²) in [5, 5.41) is 4.20. The first-order valence-corrected chi connectivity index (χ1v) is 11.9. The zero-order valence-electron chi connectivity index (χ0n) is 18.1. The first-order chi connectivity index (χ1) is 15.2. The van der Waals surface area contributed by atoms with E-state index in [0.29, 0.717) is 5.75 Å². The monoisotopic (exact) mass is 455 g/mol. The number of benzene rings is 2. The Morgan fingerprint density at radius 2 is 1.72 bits per heavy atom. The molecule has 9 heteroatoms. The van der Waals surface area contributed by atoms with Gasteiger partial charge >= 0.3 is 0 Å². The molecule has 0 radical (unpaired) electrons. The minimum Gasteiger partial charge on any atom is -0.492 e. The Hall–Kier alpha value is -3.46. The van der Waals surface area contributed by atoms with Crippen LogP contribution in [0, 0.1) is 0 Å². The predicted octanol–water partition coefficient (Wildman–Crippen LogP) is 2.56. The van der Waals surface area contributed by atoms with Crippen LogP contribution in [0.1, 0.15) is 29.0 Å². The molecule has 1 heterocycles. The number of aromatic nitrogens is 2. The van der Waals surface area contributed by atoms with Crippen molar-refractivity contribution in [3.63, 3.8) is 0 Å². The van der Waals surface area contributed by atoms with E-state index >= 15 is 0 Å². The lowest BCUT2D eigenvalue weighted by molar-refractivity contribution is 0.0733. The third kappa shape index (κ3) is 5.61. The van der Waals surface area contributed by atoms with Crippen molar-refractivity contribution in [2.24, 2.45) is 0 Å². The highest BCUT2D eigenvalue weighted by atomic mass is 32.2. The van der Waals surface area contributed by atoms with Crippen LogP contribution in [0.5, 0.6) is 5.75 Å². The van der Waals surface area contributed by atoms with Gasteiger partial charge in [0.1, 0.15) is 18.1 Å². The van der Waals surface area contributed by atoms with Crippen LogP contribution in [0.25, 0.3) is 0 Å². The second kappa shape index (κ2) is 9.78. The molecular weight excluding hydrogens is 430 g/mol. The molecule has 0 spiro atoms. The highest BCUT2D eigenvalue weighted by molar-refractivity contribution is 7.90. The van der Waals surface area contributed by atoms with Gasteiger partial charge in [-0.3, -0.25) is 9.59 Å². The maximum absolute atomic E-state index is 13.0. The van der Waals surface area contributed by atoms with Gasteiger partial charge < -0.3 is 9.64 Å². The molecule has 168 valence electrons. The van der Waals surface area contributed by atoms with Crippen molar-refractivity contribution in [3.05, 3.63) is 88.3 Å². The molecule has 0 fully saturated rings. The van der Waals surface area contributed by atoms with Gasteiger partial charge in [0.05, 0.1) is 17.5 Å². The first kappa shape index (κ1) is 23.2. The number of carbonyl (C=O) groups excluding carboxylic acids is 1. The SMILES string of the molecule is CC(c1ccc(S(C)(=O)=O)cc1)N(C)C(=O)c1ccc(=O)n(CCOc2ccccc2)n1. The Morgan fingerprint density at radius 3 is 2.34 bits per heavy atom. The number of hydrogen-bond acceptors (Lipinski definition) is 6. The van der Waals surface area contributed by atoms with E-state index in [1.54, 1.807) is 19.2 Å². The molecule has 3 aromatic rings. The summed E-state index contributed by atoms with van der Waals surface area (Å²) in [7, 11) is -1.66. The largest absolute Gasteiger partial charge is 0.492 e. The molecule has 0 saturated carbocycles. The van der Waals surface area contributed by atoms with E-state index < -0.39 is 9.84 Å². The minimum absolute atomic E-state index is 0.131. The van der Waals surface area contributed by atoms with E-state index in [-0.39, 0.29) is 41.2 Å². The van der Waals surface area contributed by atoms with Crippen LogP contribution in [0.4, 0.5) is 0 Å². The van der Waals surface area contributed by atoms with Crippen LogP contribution in [-0.2, 0) is 16.4 Å². The summed E-state index contributed by atoms with van der Waals surface area (Å²) in [5.41, 5.74) is 0.578. The van der Waals surface area contributed by atoms with Crippen molar-refractivity contribution < 1.29 is 17.9 Å². The van der Waals surface area contributed by atoms with Crippen molar-refractivity contribution in [1.29, 1.82) is 0 Å². The number of sulfone groups is 1. The van der Waals surface area contributed by atoms with Crippen molar-refractivity contribution in [2.75, 3.05) is 19.9 Å². The third-order valence-electron chi connectivity index (χ3n) is 5.09. The molecule has 8 nitrogen and oxygen atoms in total. The highest BCUT2D eigenvalue weighted by Crippen LogP contribution is 2.22. The summed E-state index contributed by atoms with van der Waals surface area (Å²) in [6, 6.07) is 18.0. The van der Waals surface area contributed by atoms with Gasteiger partial charge in [-0.15, -0.1) is 0 Å². The van der Waals surface area contributed by atoms with E-state index in [9.17, 15) is 18.0 Å². The molecule has 1 atom stereocenters. The van der Waals surface area contributed by atoms with E-state index in [4.69, 9.17) is 4.74 Å². The third-order valence-corrected chi connectivity index (χ3v) is 6.22. The molecule has 0 aliphatic carbocycles.